The number of hydrogen-bond acceptors (Lipinski definition) is 5. The molecular formula is C23H28N4O. The molecule has 0 amide bonds. The van der Waals surface area contributed by atoms with Crippen LogP contribution in [0.15, 0.2) is 42.6 Å². The van der Waals surface area contributed by atoms with Crippen LogP contribution in [-0.2, 0) is 0 Å². The third kappa shape index (κ3) is 3.79. The van der Waals surface area contributed by atoms with Crippen LogP contribution in [0.1, 0.15) is 45.4 Å². The van der Waals surface area contributed by atoms with Gasteiger partial charge in [-0.25, -0.2) is 0 Å². The predicted molar refractivity (Wildman–Crippen MR) is 113 cm³/mol. The molecule has 0 bridgehead atoms. The highest BCUT2D eigenvalue weighted by atomic mass is 16.3. The zero-order valence-electron chi connectivity index (χ0n) is 16.7. The van der Waals surface area contributed by atoms with E-state index in [1.807, 2.05) is 30.3 Å². The fourth-order valence-corrected chi connectivity index (χ4v) is 4.31. The van der Waals surface area contributed by atoms with E-state index in [1.165, 1.54) is 38.5 Å². The van der Waals surface area contributed by atoms with E-state index in [0.717, 1.165) is 22.6 Å². The fourth-order valence-electron chi connectivity index (χ4n) is 4.31. The molecule has 1 saturated carbocycles. The average molecular weight is 377 g/mol. The Balaban J connectivity index is 1.57. The first-order valence-corrected chi connectivity index (χ1v) is 10.3. The first-order chi connectivity index (χ1) is 13.7. The van der Waals surface area contributed by atoms with Crippen molar-refractivity contribution >= 4 is 16.7 Å². The van der Waals surface area contributed by atoms with Gasteiger partial charge >= 0.3 is 0 Å². The van der Waals surface area contributed by atoms with Crippen molar-refractivity contribution in [1.82, 2.24) is 15.2 Å². The van der Waals surface area contributed by atoms with E-state index in [2.05, 4.69) is 34.1 Å². The number of hydrogen-bond donors (Lipinski definition) is 1. The van der Waals surface area contributed by atoms with Crippen molar-refractivity contribution in [2.45, 2.75) is 51.5 Å². The Morgan fingerprint density at radius 3 is 2.75 bits per heavy atom. The van der Waals surface area contributed by atoms with Crippen LogP contribution in [0, 0.1) is 5.92 Å². The van der Waals surface area contributed by atoms with Crippen molar-refractivity contribution in [3.8, 4) is 17.0 Å². The molecule has 0 spiro atoms. The number of phenolic OH excluding ortho intramolecular Hbond substituents is 1. The summed E-state index contributed by atoms with van der Waals surface area (Å²) in [6, 6.07) is 12.0. The van der Waals surface area contributed by atoms with Crippen LogP contribution in [0.4, 0.5) is 5.82 Å². The zero-order valence-corrected chi connectivity index (χ0v) is 16.7. The Morgan fingerprint density at radius 2 is 1.96 bits per heavy atom. The van der Waals surface area contributed by atoms with Gasteiger partial charge in [0.15, 0.2) is 5.82 Å². The second-order valence-electron chi connectivity index (χ2n) is 7.90. The summed E-state index contributed by atoms with van der Waals surface area (Å²) in [6.45, 7) is 2.30. The molecule has 146 valence electrons. The minimum Gasteiger partial charge on any atom is -0.507 e. The Morgan fingerprint density at radius 1 is 1.11 bits per heavy atom. The molecule has 4 rings (SSSR count). The van der Waals surface area contributed by atoms with Gasteiger partial charge in [0.25, 0.3) is 0 Å². The number of nitrogens with zero attached hydrogens (tertiary/aromatic N) is 4. The van der Waals surface area contributed by atoms with E-state index in [0.29, 0.717) is 17.3 Å². The van der Waals surface area contributed by atoms with Crippen LogP contribution < -0.4 is 4.90 Å². The molecule has 0 unspecified atom stereocenters. The van der Waals surface area contributed by atoms with Gasteiger partial charge < -0.3 is 10.0 Å². The van der Waals surface area contributed by atoms with E-state index in [4.69, 9.17) is 0 Å². The molecule has 0 saturated heterocycles. The number of benzene rings is 1. The van der Waals surface area contributed by atoms with Crippen molar-refractivity contribution in [2.75, 3.05) is 11.9 Å². The third-order valence-corrected chi connectivity index (χ3v) is 6.14. The second kappa shape index (κ2) is 8.13. The standard InChI is InChI=1S/C23H28N4O/c1-3-16-7-4-5-9-18(13-16)27(2)23-11-10-20(25-26-23)19-14-17-8-6-12-24-21(17)15-22(19)28/h6,8,10-12,14-16,18,28H,3-5,7,9,13H2,1-2H3/t16-,18+/m1/s1. The number of fused-ring (bicyclic) bond motifs is 1. The van der Waals surface area contributed by atoms with E-state index >= 15 is 0 Å². The quantitative estimate of drug-likeness (QED) is 0.635. The van der Waals surface area contributed by atoms with Crippen LogP contribution in [-0.4, -0.2) is 33.4 Å². The molecule has 1 aliphatic carbocycles. The molecule has 0 radical (unpaired) electrons. The molecule has 0 aliphatic heterocycles. The highest BCUT2D eigenvalue weighted by molar-refractivity contribution is 5.87. The lowest BCUT2D eigenvalue weighted by Crippen LogP contribution is -2.33. The smallest absolute Gasteiger partial charge is 0.151 e. The molecule has 5 heteroatoms. The maximum atomic E-state index is 10.4. The van der Waals surface area contributed by atoms with E-state index < -0.39 is 0 Å². The van der Waals surface area contributed by atoms with Gasteiger partial charge in [-0.05, 0) is 43.0 Å². The van der Waals surface area contributed by atoms with Gasteiger partial charge in [-0.15, -0.1) is 10.2 Å². The minimum absolute atomic E-state index is 0.177. The van der Waals surface area contributed by atoms with Gasteiger partial charge in [0, 0.05) is 36.3 Å². The maximum Gasteiger partial charge on any atom is 0.151 e. The van der Waals surface area contributed by atoms with E-state index in [1.54, 1.807) is 12.3 Å². The number of anilines is 1. The first kappa shape index (κ1) is 18.7. The molecule has 1 aromatic carbocycles. The van der Waals surface area contributed by atoms with E-state index in [-0.39, 0.29) is 5.75 Å². The molecule has 2 heterocycles. The summed E-state index contributed by atoms with van der Waals surface area (Å²) in [4.78, 5) is 6.57. The van der Waals surface area contributed by atoms with Crippen molar-refractivity contribution in [2.24, 2.45) is 5.92 Å². The summed E-state index contributed by atoms with van der Waals surface area (Å²) in [5, 5.41) is 20.3. The maximum absolute atomic E-state index is 10.4. The fraction of sp³-hybridized carbons (Fsp3) is 0.435. The second-order valence-corrected chi connectivity index (χ2v) is 7.90. The largest absolute Gasteiger partial charge is 0.507 e. The molecular weight excluding hydrogens is 348 g/mol. The van der Waals surface area contributed by atoms with Crippen molar-refractivity contribution < 1.29 is 5.11 Å². The lowest BCUT2D eigenvalue weighted by molar-refractivity contribution is 0.413. The lowest BCUT2D eigenvalue weighted by Gasteiger charge is -2.29. The van der Waals surface area contributed by atoms with Crippen LogP contribution in [0.25, 0.3) is 22.2 Å². The Labute approximate surface area is 166 Å². The molecule has 5 nitrogen and oxygen atoms in total. The topological polar surface area (TPSA) is 62.1 Å². The molecule has 1 fully saturated rings. The van der Waals surface area contributed by atoms with Crippen LogP contribution >= 0.6 is 0 Å². The van der Waals surface area contributed by atoms with Crippen molar-refractivity contribution in [3.05, 3.63) is 42.6 Å². The Hall–Kier alpha value is -2.69. The summed E-state index contributed by atoms with van der Waals surface area (Å²) >= 11 is 0. The molecule has 1 aliphatic rings. The average Bonchev–Trinajstić information content (AvgIpc) is 2.99. The normalized spacial score (nSPS) is 20.1. The summed E-state index contributed by atoms with van der Waals surface area (Å²) in [6.07, 6.45) is 9.40. The minimum atomic E-state index is 0.177. The highest BCUT2D eigenvalue weighted by Crippen LogP contribution is 2.33. The van der Waals surface area contributed by atoms with Gasteiger partial charge in [-0.2, -0.15) is 0 Å². The van der Waals surface area contributed by atoms with Gasteiger partial charge in [0.1, 0.15) is 5.75 Å². The van der Waals surface area contributed by atoms with Crippen LogP contribution in [0.5, 0.6) is 5.75 Å². The zero-order chi connectivity index (χ0) is 19.5. The van der Waals surface area contributed by atoms with Gasteiger partial charge in [-0.1, -0.05) is 38.7 Å². The van der Waals surface area contributed by atoms with Crippen molar-refractivity contribution in [1.29, 1.82) is 0 Å². The molecule has 2 atom stereocenters. The monoisotopic (exact) mass is 376 g/mol. The summed E-state index contributed by atoms with van der Waals surface area (Å²) < 4.78 is 0. The molecule has 1 N–H and O–H groups in total. The molecule has 3 aromatic rings. The summed E-state index contributed by atoms with van der Waals surface area (Å²) in [5.74, 6) is 1.88. The number of aromatic hydroxyl groups is 1. The SMILES string of the molecule is CC[C@@H]1CCCC[C@H](N(C)c2ccc(-c3cc4cccnc4cc3O)nn2)C1. The van der Waals surface area contributed by atoms with Crippen LogP contribution in [0.2, 0.25) is 0 Å². The van der Waals surface area contributed by atoms with Crippen LogP contribution in [0.3, 0.4) is 0 Å². The predicted octanol–water partition coefficient (Wildman–Crippen LogP) is 5.19. The molecule has 28 heavy (non-hydrogen) atoms. The van der Waals surface area contributed by atoms with E-state index in [9.17, 15) is 5.11 Å². The molecule has 2 aromatic heterocycles. The van der Waals surface area contributed by atoms with Gasteiger partial charge in [0.2, 0.25) is 0 Å². The van der Waals surface area contributed by atoms with Crippen molar-refractivity contribution in [3.63, 3.8) is 0 Å². The number of pyridine rings is 1. The first-order valence-electron chi connectivity index (χ1n) is 10.3. The Bertz CT molecular complexity index is 941. The van der Waals surface area contributed by atoms with Gasteiger partial charge in [-0.3, -0.25) is 4.98 Å². The number of aromatic nitrogens is 3. The number of rotatable bonds is 4. The lowest BCUT2D eigenvalue weighted by atomic mass is 9.95. The third-order valence-electron chi connectivity index (χ3n) is 6.14. The Kier molecular flexibility index (Phi) is 5.42. The number of phenols is 1. The highest BCUT2D eigenvalue weighted by Gasteiger charge is 2.23. The van der Waals surface area contributed by atoms with Gasteiger partial charge in [0.05, 0.1) is 11.2 Å². The summed E-state index contributed by atoms with van der Waals surface area (Å²) in [7, 11) is 2.13. The summed E-state index contributed by atoms with van der Waals surface area (Å²) in [5.41, 5.74) is 2.13.